The number of nitrogens with one attached hydrogen (secondary N) is 1. The Balaban J connectivity index is 1.72. The van der Waals surface area contributed by atoms with Crippen LogP contribution in [0.15, 0.2) is 47.1 Å². The van der Waals surface area contributed by atoms with E-state index in [1.807, 2.05) is 0 Å². The van der Waals surface area contributed by atoms with E-state index in [1.54, 1.807) is 43.3 Å². The maximum Gasteiger partial charge on any atom is 0.344 e. The molecule has 7 nitrogen and oxygen atoms in total. The van der Waals surface area contributed by atoms with Crippen molar-refractivity contribution in [3.63, 3.8) is 0 Å². The number of rotatable bonds is 8. The third kappa shape index (κ3) is 4.98. The molecule has 0 aliphatic carbocycles. The van der Waals surface area contributed by atoms with E-state index >= 15 is 0 Å². The van der Waals surface area contributed by atoms with Gasteiger partial charge in [-0.2, -0.15) is 0 Å². The van der Waals surface area contributed by atoms with E-state index in [9.17, 15) is 14.4 Å². The molecule has 1 atom stereocenters. The lowest BCUT2D eigenvalue weighted by atomic mass is 10.2. The van der Waals surface area contributed by atoms with Gasteiger partial charge >= 0.3 is 5.97 Å². The van der Waals surface area contributed by atoms with E-state index in [2.05, 4.69) is 5.32 Å². The molecule has 7 heteroatoms. The van der Waals surface area contributed by atoms with Crippen molar-refractivity contribution in [2.75, 3.05) is 13.2 Å². The number of carbonyl (C=O) groups is 3. The summed E-state index contributed by atoms with van der Waals surface area (Å²) in [5.41, 5.74) is 0.329. The maximum absolute atomic E-state index is 11.7. The Morgan fingerprint density at radius 1 is 1.21 bits per heavy atom. The van der Waals surface area contributed by atoms with Gasteiger partial charge < -0.3 is 19.2 Å². The summed E-state index contributed by atoms with van der Waals surface area (Å²) in [6.07, 6.45) is 2.14. The summed E-state index contributed by atoms with van der Waals surface area (Å²) >= 11 is 0. The van der Waals surface area contributed by atoms with Gasteiger partial charge in [0.1, 0.15) is 11.5 Å². The number of furan rings is 1. The van der Waals surface area contributed by atoms with Crippen LogP contribution in [0.2, 0.25) is 0 Å². The standard InChI is InChI=1S/C17H17NO6/c1-12(14-7-4-8-22-14)18-16(20)10-24-17(21)11-23-15-6-3-2-5-13(15)9-19/h2-9,12H,10-11H2,1H3,(H,18,20)/t12-/m1/s1. The Labute approximate surface area is 138 Å². The molecule has 1 N–H and O–H groups in total. The van der Waals surface area contributed by atoms with Crippen LogP contribution >= 0.6 is 0 Å². The highest BCUT2D eigenvalue weighted by atomic mass is 16.6. The number of aldehydes is 1. The molecule has 1 heterocycles. The van der Waals surface area contributed by atoms with Crippen molar-refractivity contribution in [3.8, 4) is 5.75 Å². The fraction of sp³-hybridized carbons (Fsp3) is 0.235. The first-order chi connectivity index (χ1) is 11.6. The van der Waals surface area contributed by atoms with Crippen molar-refractivity contribution in [1.82, 2.24) is 5.32 Å². The van der Waals surface area contributed by atoms with Crippen LogP contribution in [0.3, 0.4) is 0 Å². The summed E-state index contributed by atoms with van der Waals surface area (Å²) < 4.78 is 15.2. The molecule has 0 fully saturated rings. The number of hydrogen-bond acceptors (Lipinski definition) is 6. The quantitative estimate of drug-likeness (QED) is 0.586. The van der Waals surface area contributed by atoms with E-state index in [0.717, 1.165) is 0 Å². The van der Waals surface area contributed by atoms with Gasteiger partial charge in [0.15, 0.2) is 19.5 Å². The van der Waals surface area contributed by atoms with Gasteiger partial charge in [-0.25, -0.2) is 4.79 Å². The number of ether oxygens (including phenoxy) is 2. The van der Waals surface area contributed by atoms with Crippen LogP contribution < -0.4 is 10.1 Å². The van der Waals surface area contributed by atoms with E-state index in [0.29, 0.717) is 17.6 Å². The largest absolute Gasteiger partial charge is 0.481 e. The highest BCUT2D eigenvalue weighted by molar-refractivity contribution is 5.82. The molecule has 1 aromatic heterocycles. The number of carbonyl (C=O) groups excluding carboxylic acids is 3. The fourth-order valence-electron chi connectivity index (χ4n) is 1.93. The highest BCUT2D eigenvalue weighted by Crippen LogP contribution is 2.15. The fourth-order valence-corrected chi connectivity index (χ4v) is 1.93. The molecule has 2 rings (SSSR count). The summed E-state index contributed by atoms with van der Waals surface area (Å²) in [5.74, 6) is -0.291. The highest BCUT2D eigenvalue weighted by Gasteiger charge is 2.14. The number of para-hydroxylation sites is 1. The summed E-state index contributed by atoms with van der Waals surface area (Å²) in [6.45, 7) is 0.923. The van der Waals surface area contributed by atoms with Gasteiger partial charge in [0.25, 0.3) is 5.91 Å². The van der Waals surface area contributed by atoms with Gasteiger partial charge in [0, 0.05) is 0 Å². The zero-order valence-electron chi connectivity index (χ0n) is 13.1. The lowest BCUT2D eigenvalue weighted by Gasteiger charge is -2.12. The first-order valence-electron chi connectivity index (χ1n) is 7.25. The van der Waals surface area contributed by atoms with Crippen molar-refractivity contribution in [2.24, 2.45) is 0 Å². The van der Waals surface area contributed by atoms with Gasteiger partial charge in [-0.15, -0.1) is 0 Å². The molecular formula is C17H17NO6. The van der Waals surface area contributed by atoms with Crippen LogP contribution in [0.25, 0.3) is 0 Å². The van der Waals surface area contributed by atoms with E-state index in [-0.39, 0.29) is 11.8 Å². The summed E-state index contributed by atoms with van der Waals surface area (Å²) in [6, 6.07) is 9.60. The molecule has 0 spiro atoms. The molecule has 2 aromatic rings. The molecule has 0 saturated heterocycles. The Kier molecular flexibility index (Phi) is 6.13. The second kappa shape index (κ2) is 8.52. The average Bonchev–Trinajstić information content (AvgIpc) is 3.13. The summed E-state index contributed by atoms with van der Waals surface area (Å²) in [4.78, 5) is 34.1. The van der Waals surface area contributed by atoms with Crippen LogP contribution in [0.5, 0.6) is 5.75 Å². The third-order valence-electron chi connectivity index (χ3n) is 3.10. The number of amides is 1. The summed E-state index contributed by atoms with van der Waals surface area (Å²) in [7, 11) is 0. The van der Waals surface area contributed by atoms with Crippen LogP contribution in [0.4, 0.5) is 0 Å². The molecular weight excluding hydrogens is 314 g/mol. The van der Waals surface area contributed by atoms with Crippen molar-refractivity contribution >= 4 is 18.2 Å². The molecule has 1 amide bonds. The zero-order valence-corrected chi connectivity index (χ0v) is 13.1. The third-order valence-corrected chi connectivity index (χ3v) is 3.10. The molecule has 0 aliphatic heterocycles. The van der Waals surface area contributed by atoms with E-state index in [4.69, 9.17) is 13.9 Å². The topological polar surface area (TPSA) is 94.8 Å². The first-order valence-corrected chi connectivity index (χ1v) is 7.25. The lowest BCUT2D eigenvalue weighted by molar-refractivity contribution is -0.150. The number of esters is 1. The molecule has 0 saturated carbocycles. The van der Waals surface area contributed by atoms with Crippen LogP contribution in [-0.2, 0) is 14.3 Å². The van der Waals surface area contributed by atoms with Crippen molar-refractivity contribution in [3.05, 3.63) is 54.0 Å². The molecule has 0 radical (unpaired) electrons. The zero-order chi connectivity index (χ0) is 17.4. The Hall–Kier alpha value is -3.09. The molecule has 0 unspecified atom stereocenters. The normalized spacial score (nSPS) is 11.4. The summed E-state index contributed by atoms with van der Waals surface area (Å²) in [5, 5.41) is 2.63. The predicted molar refractivity (Wildman–Crippen MR) is 83.5 cm³/mol. The van der Waals surface area contributed by atoms with Crippen LogP contribution in [-0.4, -0.2) is 31.4 Å². The molecule has 126 valence electrons. The smallest absolute Gasteiger partial charge is 0.344 e. The molecule has 0 aliphatic rings. The van der Waals surface area contributed by atoms with Crippen molar-refractivity contribution in [2.45, 2.75) is 13.0 Å². The van der Waals surface area contributed by atoms with E-state index < -0.39 is 25.1 Å². The molecule has 24 heavy (non-hydrogen) atoms. The van der Waals surface area contributed by atoms with Gasteiger partial charge in [-0.3, -0.25) is 9.59 Å². The Morgan fingerprint density at radius 2 is 2.00 bits per heavy atom. The maximum atomic E-state index is 11.7. The number of benzene rings is 1. The first kappa shape index (κ1) is 17.3. The van der Waals surface area contributed by atoms with Gasteiger partial charge in [0.2, 0.25) is 0 Å². The Morgan fingerprint density at radius 3 is 2.71 bits per heavy atom. The minimum atomic E-state index is -0.712. The van der Waals surface area contributed by atoms with Gasteiger partial charge in [-0.05, 0) is 31.2 Å². The van der Waals surface area contributed by atoms with Crippen molar-refractivity contribution < 1.29 is 28.3 Å². The second-order valence-electron chi connectivity index (χ2n) is 4.91. The van der Waals surface area contributed by atoms with Crippen molar-refractivity contribution in [1.29, 1.82) is 0 Å². The molecule has 1 aromatic carbocycles. The predicted octanol–water partition coefficient (Wildman–Crippen LogP) is 1.89. The Bertz CT molecular complexity index is 695. The lowest BCUT2D eigenvalue weighted by Crippen LogP contribution is -2.31. The monoisotopic (exact) mass is 331 g/mol. The number of hydrogen-bond donors (Lipinski definition) is 1. The average molecular weight is 331 g/mol. The SMILES string of the molecule is C[C@@H](NC(=O)COC(=O)COc1ccccc1C=O)c1ccco1. The van der Waals surface area contributed by atoms with Gasteiger partial charge in [-0.1, -0.05) is 12.1 Å². The molecule has 0 bridgehead atoms. The van der Waals surface area contributed by atoms with E-state index in [1.165, 1.54) is 6.26 Å². The second-order valence-corrected chi connectivity index (χ2v) is 4.91. The minimum Gasteiger partial charge on any atom is -0.481 e. The van der Waals surface area contributed by atoms with Gasteiger partial charge in [0.05, 0.1) is 17.9 Å². The van der Waals surface area contributed by atoms with Crippen LogP contribution in [0.1, 0.15) is 29.1 Å². The minimum absolute atomic E-state index is 0.278. The van der Waals surface area contributed by atoms with Crippen LogP contribution in [0, 0.1) is 0 Å².